The quantitative estimate of drug-likeness (QED) is 0.0633. The highest BCUT2D eigenvalue weighted by Gasteiger charge is 2.39. The number of ether oxygens (including phenoxy) is 2. The Balaban J connectivity index is 1.13. The number of rotatable bonds is 14. The summed E-state index contributed by atoms with van der Waals surface area (Å²) in [6.07, 6.45) is 10.7. The van der Waals surface area contributed by atoms with Crippen LogP contribution in [0.15, 0.2) is 139 Å². The molecule has 24 nitrogen and oxygen atoms in total. The number of nitrogens with one attached hydrogen (secondary N) is 5. The Morgan fingerprint density at radius 2 is 1.06 bits per heavy atom. The second-order valence-corrected chi connectivity index (χ2v) is 24.2. The normalized spacial score (nSPS) is 12.1. The number of carbonyl (C=O) groups excluding carboxylic acids is 2. The number of hydrogen-bond acceptors (Lipinski definition) is 15. The highest BCUT2D eigenvalue weighted by molar-refractivity contribution is 7.92. The minimum atomic E-state index is -3.70. The Kier molecular flexibility index (Phi) is 14.4. The van der Waals surface area contributed by atoms with E-state index in [2.05, 4.69) is 45.4 Å². The maximum Gasteiger partial charge on any atom is 0.346 e. The van der Waals surface area contributed by atoms with Crippen LogP contribution in [0.5, 0.6) is 23.0 Å². The number of urea groups is 2. The first-order valence-corrected chi connectivity index (χ1v) is 28.5. The number of H-pyrrole nitrogens is 1. The number of benzene rings is 4. The third-order valence-electron chi connectivity index (χ3n) is 12.0. The molecular formula is C54H51F2N15O9S2. The number of amides is 4. The second kappa shape index (κ2) is 21.3. The number of hydrogen-bond donors (Lipinski definition) is 5. The number of carbonyl (C=O) groups is 2. The summed E-state index contributed by atoms with van der Waals surface area (Å²) < 4.78 is 106. The average Bonchev–Trinajstić information content (AvgIpc) is 3.81. The number of halogens is 2. The van der Waals surface area contributed by atoms with Crippen LogP contribution >= 0.6 is 0 Å². The van der Waals surface area contributed by atoms with Crippen molar-refractivity contribution < 1.29 is 49.2 Å². The first kappa shape index (κ1) is 55.4. The van der Waals surface area contributed by atoms with E-state index in [1.54, 1.807) is 58.2 Å². The fraction of sp³-hybridized carbons (Fsp3) is 0.185. The molecule has 0 spiro atoms. The van der Waals surface area contributed by atoms with Crippen LogP contribution in [0.3, 0.4) is 0 Å². The minimum Gasteiger partial charge on any atom is -0.457 e. The van der Waals surface area contributed by atoms with Gasteiger partial charge in [0, 0.05) is 58.6 Å². The summed E-state index contributed by atoms with van der Waals surface area (Å²) >= 11 is 0. The number of aromatic nitrogens is 9. The van der Waals surface area contributed by atoms with Gasteiger partial charge in [-0.3, -0.25) is 23.9 Å². The van der Waals surface area contributed by atoms with Gasteiger partial charge in [-0.2, -0.15) is 25.3 Å². The Hall–Kier alpha value is -9.96. The van der Waals surface area contributed by atoms with Crippen LogP contribution in [0.4, 0.5) is 52.8 Å². The molecule has 0 saturated heterocycles. The van der Waals surface area contributed by atoms with Gasteiger partial charge in [-0.15, -0.1) is 0 Å². The summed E-state index contributed by atoms with van der Waals surface area (Å²) in [5, 5.41) is 29.5. The van der Waals surface area contributed by atoms with Crippen LogP contribution in [0.2, 0.25) is 0 Å². The van der Waals surface area contributed by atoms with E-state index < -0.39 is 60.5 Å². The molecule has 0 aliphatic carbocycles. The summed E-state index contributed by atoms with van der Waals surface area (Å²) in [6.45, 7) is 11.2. The summed E-state index contributed by atoms with van der Waals surface area (Å²) in [4.78, 5) is 39.7. The van der Waals surface area contributed by atoms with Gasteiger partial charge < -0.3 is 24.6 Å². The number of pyridine rings is 2. The topological polar surface area (TPSA) is 292 Å². The van der Waals surface area contributed by atoms with E-state index in [9.17, 15) is 16.8 Å². The molecule has 10 aromatic rings. The molecule has 4 aromatic carbocycles. The van der Waals surface area contributed by atoms with Crippen LogP contribution in [-0.2, 0) is 31.1 Å². The van der Waals surface area contributed by atoms with Gasteiger partial charge >= 0.3 is 12.1 Å². The van der Waals surface area contributed by atoms with Crippen molar-refractivity contribution >= 4 is 88.4 Å². The van der Waals surface area contributed by atoms with E-state index in [-0.39, 0.29) is 63.1 Å². The van der Waals surface area contributed by atoms with Gasteiger partial charge in [0.1, 0.15) is 69.0 Å². The SMILES string of the molecule is CC(C)(C)n1cc(N(C(=O)Nc2ccc(Oc3ccnc(NS(C)(=O)=O)c3)cc2F)N(C(=O)Nc2ccc(Oc3ccnc(NS(C)(=O)=O)c3)cc2F)c2cn(C(C)(C)C)nc2-c2ccc3oncc3c2)c(-c2ccc3[nH]ncc3c2)n1. The first-order chi connectivity index (χ1) is 38.7. The summed E-state index contributed by atoms with van der Waals surface area (Å²) in [5.74, 6) is -2.00. The van der Waals surface area contributed by atoms with E-state index in [1.165, 1.54) is 73.3 Å². The summed E-state index contributed by atoms with van der Waals surface area (Å²) in [6, 6.07) is 20.6. The summed E-state index contributed by atoms with van der Waals surface area (Å²) in [5.41, 5.74) is -0.0881. The Morgan fingerprint density at radius 1 is 0.598 bits per heavy atom. The zero-order chi connectivity index (χ0) is 58.5. The second-order valence-electron chi connectivity index (χ2n) is 20.7. The molecule has 6 aromatic heterocycles. The standard InChI is InChI=1S/C54H51F2N15O9S2/c1-53(2,3)68-29-44(49(64-68)31-9-13-41-33(21-31)27-59-63-41)70(51(72)61-42-14-11-35(23-39(42)55)78-37-17-19-57-47(25-37)66-81(7,74)75)71(45-30-69(54(4,5)6)65-50(45)32-10-16-46-34(22-32)28-60-80-46)52(73)62-43-15-12-36(24-40(43)56)79-38-18-20-58-48(26-38)67-82(8,76)77/h9-30H,1-8H3,(H,57,66)(H,58,67)(H,59,63)(H,61,72)(H,62,73). The van der Waals surface area contributed by atoms with Crippen molar-refractivity contribution in [3.63, 3.8) is 0 Å². The number of nitrogens with zero attached hydrogens (tertiary/aromatic N) is 10. The Bertz CT molecular complexity index is 4070. The molecule has 28 heteroatoms. The maximum absolute atomic E-state index is 16.7. The molecule has 0 aliphatic rings. The van der Waals surface area contributed by atoms with Gasteiger partial charge in [0.05, 0.1) is 65.3 Å². The van der Waals surface area contributed by atoms with E-state index >= 15 is 18.4 Å². The fourth-order valence-corrected chi connectivity index (χ4v) is 9.22. The summed E-state index contributed by atoms with van der Waals surface area (Å²) in [7, 11) is -7.40. The minimum absolute atomic E-state index is 0.0303. The smallest absolute Gasteiger partial charge is 0.346 e. The molecule has 0 bridgehead atoms. The predicted molar refractivity (Wildman–Crippen MR) is 304 cm³/mol. The lowest BCUT2D eigenvalue weighted by molar-refractivity contribution is 0.248. The number of hydrazine groups is 1. The molecule has 0 fully saturated rings. The molecule has 0 radical (unpaired) electrons. The zero-order valence-corrected chi connectivity index (χ0v) is 46.6. The number of fused-ring (bicyclic) bond motifs is 2. The number of sulfonamides is 2. The van der Waals surface area contributed by atoms with Gasteiger partial charge in [-0.25, -0.2) is 45.2 Å². The van der Waals surface area contributed by atoms with Gasteiger partial charge in [-0.05, 0) is 108 Å². The molecule has 5 N–H and O–H groups in total. The lowest BCUT2D eigenvalue weighted by Crippen LogP contribution is -2.54. The van der Waals surface area contributed by atoms with Crippen molar-refractivity contribution in [3.05, 3.63) is 146 Å². The van der Waals surface area contributed by atoms with Crippen molar-refractivity contribution in [1.29, 1.82) is 0 Å². The molecule has 0 unspecified atom stereocenters. The van der Waals surface area contributed by atoms with Crippen LogP contribution in [-0.4, -0.2) is 86.3 Å². The van der Waals surface area contributed by atoms with E-state index in [4.69, 9.17) is 24.2 Å². The molecule has 4 amide bonds. The Morgan fingerprint density at radius 3 is 1.52 bits per heavy atom. The van der Waals surface area contributed by atoms with Crippen molar-refractivity contribution in [3.8, 4) is 45.5 Å². The lowest BCUT2D eigenvalue weighted by Gasteiger charge is -2.34. The highest BCUT2D eigenvalue weighted by Crippen LogP contribution is 2.41. The predicted octanol–water partition coefficient (Wildman–Crippen LogP) is 11.0. The van der Waals surface area contributed by atoms with Crippen LogP contribution in [0.25, 0.3) is 44.4 Å². The maximum atomic E-state index is 16.7. The molecule has 422 valence electrons. The fourth-order valence-electron chi connectivity index (χ4n) is 8.23. The van der Waals surface area contributed by atoms with Crippen LogP contribution in [0.1, 0.15) is 41.5 Å². The molecule has 82 heavy (non-hydrogen) atoms. The first-order valence-electron chi connectivity index (χ1n) is 24.7. The number of anilines is 6. The molecule has 0 saturated carbocycles. The van der Waals surface area contributed by atoms with Crippen LogP contribution < -0.4 is 39.6 Å². The van der Waals surface area contributed by atoms with Crippen LogP contribution in [0, 0.1) is 11.6 Å². The van der Waals surface area contributed by atoms with Crippen molar-refractivity contribution in [2.45, 2.75) is 52.6 Å². The van der Waals surface area contributed by atoms with E-state index in [1.807, 2.05) is 41.5 Å². The van der Waals surface area contributed by atoms with Gasteiger partial charge in [0.15, 0.2) is 5.58 Å². The van der Waals surface area contributed by atoms with Gasteiger partial charge in [0.25, 0.3) is 0 Å². The number of aromatic amines is 1. The van der Waals surface area contributed by atoms with Gasteiger partial charge in [-0.1, -0.05) is 11.2 Å². The van der Waals surface area contributed by atoms with Crippen molar-refractivity contribution in [2.75, 3.05) is 42.6 Å². The molecule has 10 rings (SSSR count). The zero-order valence-electron chi connectivity index (χ0n) is 44.9. The van der Waals surface area contributed by atoms with E-state index in [0.29, 0.717) is 33.0 Å². The molecule has 0 aliphatic heterocycles. The largest absolute Gasteiger partial charge is 0.457 e. The van der Waals surface area contributed by atoms with Crippen molar-refractivity contribution in [2.24, 2.45) is 0 Å². The molecular weight excluding hydrogens is 1100 g/mol. The van der Waals surface area contributed by atoms with Gasteiger partial charge in [0.2, 0.25) is 20.0 Å². The molecule has 6 heterocycles. The van der Waals surface area contributed by atoms with Crippen molar-refractivity contribution in [1.82, 2.24) is 44.9 Å². The third kappa shape index (κ3) is 12.4. The monoisotopic (exact) mass is 1160 g/mol. The highest BCUT2D eigenvalue weighted by atomic mass is 32.2. The average molecular weight is 1160 g/mol. The van der Waals surface area contributed by atoms with E-state index in [0.717, 1.165) is 34.7 Å². The lowest BCUT2D eigenvalue weighted by atomic mass is 10.1. The Labute approximate surface area is 467 Å². The third-order valence-corrected chi connectivity index (χ3v) is 13.2. The molecule has 0 atom stereocenters.